The van der Waals surface area contributed by atoms with Crippen LogP contribution in [0.25, 0.3) is 0 Å². The van der Waals surface area contributed by atoms with E-state index in [-0.39, 0.29) is 0 Å². The summed E-state index contributed by atoms with van der Waals surface area (Å²) in [6.07, 6.45) is 2.04. The molecule has 2 aromatic rings. The Morgan fingerprint density at radius 3 is 2.61 bits per heavy atom. The zero-order chi connectivity index (χ0) is 12.8. The minimum Gasteiger partial charge on any atom is -0.478 e. The van der Waals surface area contributed by atoms with Crippen molar-refractivity contribution in [3.05, 3.63) is 58.2 Å². The van der Waals surface area contributed by atoms with Crippen molar-refractivity contribution in [2.45, 2.75) is 19.8 Å². The normalized spacial score (nSPS) is 10.3. The summed E-state index contributed by atoms with van der Waals surface area (Å²) in [5.74, 6) is 0.698. The van der Waals surface area contributed by atoms with Crippen LogP contribution < -0.4 is 4.74 Å². The quantitative estimate of drug-likeness (QED) is 0.774. The molecule has 0 fully saturated rings. The van der Waals surface area contributed by atoms with Crippen LogP contribution >= 0.6 is 15.9 Å². The smallest absolute Gasteiger partial charge is 0.213 e. The molecule has 1 heterocycles. The third-order valence-electron chi connectivity index (χ3n) is 2.70. The Labute approximate surface area is 116 Å². The van der Waals surface area contributed by atoms with E-state index in [0.29, 0.717) is 12.5 Å². The number of hydrogen-bond donors (Lipinski definition) is 0. The van der Waals surface area contributed by atoms with E-state index in [1.807, 2.05) is 25.1 Å². The zero-order valence-corrected chi connectivity index (χ0v) is 12.0. The number of rotatable bonds is 5. The van der Waals surface area contributed by atoms with E-state index < -0.39 is 0 Å². The highest BCUT2D eigenvalue weighted by atomic mass is 79.9. The van der Waals surface area contributed by atoms with Gasteiger partial charge in [-0.1, -0.05) is 30.3 Å². The van der Waals surface area contributed by atoms with Gasteiger partial charge in [0.05, 0.1) is 12.3 Å². The van der Waals surface area contributed by atoms with E-state index >= 15 is 0 Å². The van der Waals surface area contributed by atoms with Crippen molar-refractivity contribution in [2.75, 3.05) is 6.61 Å². The number of benzene rings is 1. The van der Waals surface area contributed by atoms with Gasteiger partial charge in [0.25, 0.3) is 0 Å². The number of hydrogen-bond acceptors (Lipinski definition) is 2. The molecule has 0 aliphatic rings. The van der Waals surface area contributed by atoms with Crippen LogP contribution in [0.2, 0.25) is 0 Å². The van der Waals surface area contributed by atoms with Crippen LogP contribution in [-0.2, 0) is 6.42 Å². The van der Waals surface area contributed by atoms with Crippen molar-refractivity contribution < 1.29 is 4.74 Å². The second kappa shape index (κ2) is 6.55. The monoisotopic (exact) mass is 305 g/mol. The highest BCUT2D eigenvalue weighted by Gasteiger charge is 2.00. The van der Waals surface area contributed by atoms with Crippen LogP contribution in [0.4, 0.5) is 0 Å². The average Bonchev–Trinajstić information content (AvgIpc) is 2.40. The van der Waals surface area contributed by atoms with Crippen molar-refractivity contribution >= 4 is 15.9 Å². The molecular weight excluding hydrogens is 290 g/mol. The van der Waals surface area contributed by atoms with Crippen LogP contribution in [0.3, 0.4) is 0 Å². The van der Waals surface area contributed by atoms with Crippen molar-refractivity contribution in [3.8, 4) is 5.88 Å². The molecule has 0 saturated heterocycles. The maximum absolute atomic E-state index is 5.63. The molecular formula is C15H16BrNO. The van der Waals surface area contributed by atoms with Gasteiger partial charge in [0.2, 0.25) is 5.88 Å². The van der Waals surface area contributed by atoms with E-state index in [1.54, 1.807) is 0 Å². The second-order valence-electron chi connectivity index (χ2n) is 4.15. The summed E-state index contributed by atoms with van der Waals surface area (Å²) in [6.45, 7) is 2.66. The minimum atomic E-state index is 0.697. The van der Waals surface area contributed by atoms with Crippen LogP contribution in [0, 0.1) is 6.92 Å². The maximum atomic E-state index is 5.63. The maximum Gasteiger partial charge on any atom is 0.213 e. The standard InChI is InChI=1S/C15H16BrNO/c1-12-14(16)9-10-15(17-12)18-11-5-8-13-6-3-2-4-7-13/h2-4,6-7,9-10H,5,8,11H2,1H3. The van der Waals surface area contributed by atoms with Gasteiger partial charge in [-0.05, 0) is 47.3 Å². The molecule has 18 heavy (non-hydrogen) atoms. The third kappa shape index (κ3) is 3.84. The first-order valence-electron chi connectivity index (χ1n) is 6.05. The van der Waals surface area contributed by atoms with Gasteiger partial charge in [-0.3, -0.25) is 0 Å². The van der Waals surface area contributed by atoms with Gasteiger partial charge in [-0.15, -0.1) is 0 Å². The van der Waals surface area contributed by atoms with E-state index in [9.17, 15) is 0 Å². The fourth-order valence-electron chi connectivity index (χ4n) is 1.70. The number of halogens is 1. The van der Waals surface area contributed by atoms with Gasteiger partial charge in [-0.2, -0.15) is 0 Å². The molecule has 0 radical (unpaired) electrons. The van der Waals surface area contributed by atoms with E-state index in [0.717, 1.165) is 23.0 Å². The lowest BCUT2D eigenvalue weighted by molar-refractivity contribution is 0.298. The number of aromatic nitrogens is 1. The number of nitrogens with zero attached hydrogens (tertiary/aromatic N) is 1. The largest absolute Gasteiger partial charge is 0.478 e. The fraction of sp³-hybridized carbons (Fsp3) is 0.267. The molecule has 2 rings (SSSR count). The SMILES string of the molecule is Cc1nc(OCCCc2ccccc2)ccc1Br. The highest BCUT2D eigenvalue weighted by molar-refractivity contribution is 9.10. The molecule has 0 aliphatic heterocycles. The van der Waals surface area contributed by atoms with Crippen LogP contribution in [0.5, 0.6) is 5.88 Å². The number of pyridine rings is 1. The molecule has 0 N–H and O–H groups in total. The first-order valence-corrected chi connectivity index (χ1v) is 6.85. The minimum absolute atomic E-state index is 0.697. The van der Waals surface area contributed by atoms with Crippen molar-refractivity contribution in [1.29, 1.82) is 0 Å². The van der Waals surface area contributed by atoms with Gasteiger partial charge in [-0.25, -0.2) is 4.98 Å². The first-order chi connectivity index (χ1) is 8.75. The van der Waals surface area contributed by atoms with Crippen LogP contribution in [0.15, 0.2) is 46.9 Å². The summed E-state index contributed by atoms with van der Waals surface area (Å²) in [4.78, 5) is 4.35. The van der Waals surface area contributed by atoms with Crippen molar-refractivity contribution in [3.63, 3.8) is 0 Å². The molecule has 2 nitrogen and oxygen atoms in total. The second-order valence-corrected chi connectivity index (χ2v) is 5.01. The fourth-order valence-corrected chi connectivity index (χ4v) is 1.92. The van der Waals surface area contributed by atoms with E-state index in [2.05, 4.69) is 45.2 Å². The van der Waals surface area contributed by atoms with Gasteiger partial charge in [0, 0.05) is 10.5 Å². The Bertz CT molecular complexity index is 499. The summed E-state index contributed by atoms with van der Waals surface area (Å²) in [6, 6.07) is 14.3. The van der Waals surface area contributed by atoms with Gasteiger partial charge in [0.15, 0.2) is 0 Å². The Kier molecular flexibility index (Phi) is 4.76. The molecule has 1 aromatic carbocycles. The summed E-state index contributed by atoms with van der Waals surface area (Å²) in [5.41, 5.74) is 2.30. The van der Waals surface area contributed by atoms with Gasteiger partial charge in [0.1, 0.15) is 0 Å². The lowest BCUT2D eigenvalue weighted by atomic mass is 10.1. The zero-order valence-electron chi connectivity index (χ0n) is 10.4. The van der Waals surface area contributed by atoms with Gasteiger partial charge >= 0.3 is 0 Å². The predicted molar refractivity (Wildman–Crippen MR) is 76.9 cm³/mol. The van der Waals surface area contributed by atoms with E-state index in [4.69, 9.17) is 4.74 Å². The summed E-state index contributed by atoms with van der Waals surface area (Å²) in [5, 5.41) is 0. The van der Waals surface area contributed by atoms with Crippen LogP contribution in [-0.4, -0.2) is 11.6 Å². The molecule has 0 saturated carbocycles. The predicted octanol–water partition coefficient (Wildman–Crippen LogP) is 4.16. The molecule has 0 unspecified atom stereocenters. The number of aryl methyl sites for hydroxylation is 2. The Balaban J connectivity index is 1.77. The average molecular weight is 306 g/mol. The molecule has 0 aliphatic carbocycles. The Morgan fingerprint density at radius 2 is 1.89 bits per heavy atom. The summed E-state index contributed by atoms with van der Waals surface area (Å²) >= 11 is 3.42. The summed E-state index contributed by atoms with van der Waals surface area (Å²) < 4.78 is 6.64. The molecule has 0 atom stereocenters. The summed E-state index contributed by atoms with van der Waals surface area (Å²) in [7, 11) is 0. The molecule has 0 bridgehead atoms. The van der Waals surface area contributed by atoms with Crippen molar-refractivity contribution in [2.24, 2.45) is 0 Å². The lowest BCUT2D eigenvalue weighted by Crippen LogP contribution is -2.01. The van der Waals surface area contributed by atoms with E-state index in [1.165, 1.54) is 5.56 Å². The lowest BCUT2D eigenvalue weighted by Gasteiger charge is -2.06. The van der Waals surface area contributed by atoms with Crippen molar-refractivity contribution in [1.82, 2.24) is 4.98 Å². The number of ether oxygens (including phenoxy) is 1. The molecule has 1 aromatic heterocycles. The molecule has 3 heteroatoms. The molecule has 0 spiro atoms. The molecule has 0 amide bonds. The molecule has 94 valence electrons. The Hall–Kier alpha value is -1.35. The topological polar surface area (TPSA) is 22.1 Å². The van der Waals surface area contributed by atoms with Crippen LogP contribution in [0.1, 0.15) is 17.7 Å². The first kappa shape index (κ1) is 13.1. The Morgan fingerprint density at radius 1 is 1.11 bits per heavy atom. The highest BCUT2D eigenvalue weighted by Crippen LogP contribution is 2.17. The third-order valence-corrected chi connectivity index (χ3v) is 3.54. The van der Waals surface area contributed by atoms with Gasteiger partial charge < -0.3 is 4.74 Å².